The van der Waals surface area contributed by atoms with Crippen molar-refractivity contribution in [1.82, 2.24) is 4.90 Å². The number of ether oxygens (including phenoxy) is 1. The first kappa shape index (κ1) is 12.0. The highest BCUT2D eigenvalue weighted by molar-refractivity contribution is 5.31. The third kappa shape index (κ3) is 2.03. The highest BCUT2D eigenvalue weighted by Gasteiger charge is 2.38. The molecule has 0 amide bonds. The molecule has 2 fully saturated rings. The summed E-state index contributed by atoms with van der Waals surface area (Å²) in [5.74, 6) is 1.94. The van der Waals surface area contributed by atoms with Crippen LogP contribution < -0.4 is 4.74 Å². The molecule has 0 spiro atoms. The van der Waals surface area contributed by atoms with Gasteiger partial charge in [-0.3, -0.25) is 4.90 Å². The highest BCUT2D eigenvalue weighted by Crippen LogP contribution is 2.43. The quantitative estimate of drug-likeness (QED) is 0.789. The van der Waals surface area contributed by atoms with Crippen LogP contribution in [0.25, 0.3) is 0 Å². The standard InChI is InChI=1S/C16H23NO/c1-17-15-8-4-5-12(15)9-10-16(17)13-6-3-7-14(11-13)18-2/h3,6-7,11-12,15-16H,4-5,8-10H2,1-2H3/t12-,15+,16+/m0/s1. The lowest BCUT2D eigenvalue weighted by atomic mass is 9.85. The van der Waals surface area contributed by atoms with Crippen LogP contribution in [-0.4, -0.2) is 25.1 Å². The topological polar surface area (TPSA) is 12.5 Å². The first-order valence-corrected chi connectivity index (χ1v) is 7.15. The van der Waals surface area contributed by atoms with Crippen LogP contribution >= 0.6 is 0 Å². The van der Waals surface area contributed by atoms with Gasteiger partial charge in [0.1, 0.15) is 5.75 Å². The molecule has 2 heteroatoms. The van der Waals surface area contributed by atoms with E-state index in [4.69, 9.17) is 4.74 Å². The van der Waals surface area contributed by atoms with Crippen LogP contribution in [-0.2, 0) is 0 Å². The Morgan fingerprint density at radius 3 is 2.89 bits per heavy atom. The molecule has 1 saturated heterocycles. The summed E-state index contributed by atoms with van der Waals surface area (Å²) in [6, 6.07) is 10.00. The summed E-state index contributed by atoms with van der Waals surface area (Å²) >= 11 is 0. The number of likely N-dealkylation sites (tertiary alicyclic amines) is 1. The molecule has 1 heterocycles. The Morgan fingerprint density at radius 2 is 2.06 bits per heavy atom. The molecule has 1 aromatic carbocycles. The SMILES string of the molecule is COc1cccc([C@H]2CC[C@@H]3CCC[C@H]3N2C)c1. The van der Waals surface area contributed by atoms with Gasteiger partial charge in [0.05, 0.1) is 7.11 Å². The number of hydrogen-bond acceptors (Lipinski definition) is 2. The number of benzene rings is 1. The molecule has 2 aliphatic rings. The van der Waals surface area contributed by atoms with Crippen molar-refractivity contribution in [1.29, 1.82) is 0 Å². The zero-order valence-electron chi connectivity index (χ0n) is 11.4. The Bertz CT molecular complexity index is 417. The predicted molar refractivity (Wildman–Crippen MR) is 73.9 cm³/mol. The second-order valence-electron chi connectivity index (χ2n) is 5.79. The summed E-state index contributed by atoms with van der Waals surface area (Å²) in [5, 5.41) is 0. The second-order valence-corrected chi connectivity index (χ2v) is 5.79. The van der Waals surface area contributed by atoms with Gasteiger partial charge in [0.2, 0.25) is 0 Å². The van der Waals surface area contributed by atoms with E-state index in [1.54, 1.807) is 7.11 Å². The molecule has 98 valence electrons. The molecule has 0 bridgehead atoms. The fourth-order valence-electron chi connectivity index (χ4n) is 3.95. The first-order valence-electron chi connectivity index (χ1n) is 7.15. The molecule has 3 atom stereocenters. The van der Waals surface area contributed by atoms with Crippen molar-refractivity contribution >= 4 is 0 Å². The molecule has 1 saturated carbocycles. The van der Waals surface area contributed by atoms with Gasteiger partial charge in [0.15, 0.2) is 0 Å². The lowest BCUT2D eigenvalue weighted by Crippen LogP contribution is -2.41. The Morgan fingerprint density at radius 1 is 1.17 bits per heavy atom. The van der Waals surface area contributed by atoms with E-state index in [1.165, 1.54) is 37.7 Å². The van der Waals surface area contributed by atoms with Gasteiger partial charge < -0.3 is 4.74 Å². The third-order valence-corrected chi connectivity index (χ3v) is 4.92. The monoisotopic (exact) mass is 245 g/mol. The van der Waals surface area contributed by atoms with Gasteiger partial charge in [-0.1, -0.05) is 18.6 Å². The molecule has 0 N–H and O–H groups in total. The van der Waals surface area contributed by atoms with Crippen LogP contribution in [0.5, 0.6) is 5.75 Å². The molecule has 18 heavy (non-hydrogen) atoms. The predicted octanol–water partition coefficient (Wildman–Crippen LogP) is 3.63. The van der Waals surface area contributed by atoms with Gasteiger partial charge in [-0.15, -0.1) is 0 Å². The minimum Gasteiger partial charge on any atom is -0.497 e. The summed E-state index contributed by atoms with van der Waals surface area (Å²) in [4.78, 5) is 2.62. The molecule has 0 radical (unpaired) electrons. The van der Waals surface area contributed by atoms with Crippen LogP contribution in [0.15, 0.2) is 24.3 Å². The van der Waals surface area contributed by atoms with Crippen LogP contribution in [0.1, 0.15) is 43.7 Å². The Labute approximate surface area is 110 Å². The summed E-state index contributed by atoms with van der Waals surface area (Å²) in [6.07, 6.45) is 6.95. The lowest BCUT2D eigenvalue weighted by Gasteiger charge is -2.42. The van der Waals surface area contributed by atoms with E-state index in [0.717, 1.165) is 17.7 Å². The van der Waals surface area contributed by atoms with Gasteiger partial charge in [-0.2, -0.15) is 0 Å². The number of fused-ring (bicyclic) bond motifs is 1. The first-order chi connectivity index (χ1) is 8.79. The number of nitrogens with zero attached hydrogens (tertiary/aromatic N) is 1. The van der Waals surface area contributed by atoms with E-state index in [0.29, 0.717) is 6.04 Å². The summed E-state index contributed by atoms with van der Waals surface area (Å²) in [6.45, 7) is 0. The Hall–Kier alpha value is -1.02. The third-order valence-electron chi connectivity index (χ3n) is 4.92. The lowest BCUT2D eigenvalue weighted by molar-refractivity contribution is 0.0823. The van der Waals surface area contributed by atoms with Gasteiger partial charge in [0.25, 0.3) is 0 Å². The second kappa shape index (κ2) is 4.93. The van der Waals surface area contributed by atoms with Crippen LogP contribution in [0.2, 0.25) is 0 Å². The fourth-order valence-corrected chi connectivity index (χ4v) is 3.95. The van der Waals surface area contributed by atoms with Crippen LogP contribution in [0.4, 0.5) is 0 Å². The van der Waals surface area contributed by atoms with Crippen molar-refractivity contribution < 1.29 is 4.74 Å². The number of piperidine rings is 1. The fraction of sp³-hybridized carbons (Fsp3) is 0.625. The van der Waals surface area contributed by atoms with Gasteiger partial charge >= 0.3 is 0 Å². The van der Waals surface area contributed by atoms with Gasteiger partial charge in [-0.25, -0.2) is 0 Å². The zero-order valence-corrected chi connectivity index (χ0v) is 11.4. The van der Waals surface area contributed by atoms with Gasteiger partial charge in [-0.05, 0) is 56.3 Å². The molecule has 0 unspecified atom stereocenters. The molecule has 1 aliphatic heterocycles. The van der Waals surface area contributed by atoms with Crippen LogP contribution in [0.3, 0.4) is 0 Å². The molecular weight excluding hydrogens is 222 g/mol. The molecule has 1 aliphatic carbocycles. The maximum absolute atomic E-state index is 5.35. The highest BCUT2D eigenvalue weighted by atomic mass is 16.5. The van der Waals surface area contributed by atoms with Crippen LogP contribution in [0, 0.1) is 5.92 Å². The molecular formula is C16H23NO. The maximum atomic E-state index is 5.35. The molecule has 3 rings (SSSR count). The molecule has 2 nitrogen and oxygen atoms in total. The maximum Gasteiger partial charge on any atom is 0.119 e. The van der Waals surface area contributed by atoms with Crippen molar-refractivity contribution in [3.05, 3.63) is 29.8 Å². The van der Waals surface area contributed by atoms with E-state index in [-0.39, 0.29) is 0 Å². The van der Waals surface area contributed by atoms with E-state index in [9.17, 15) is 0 Å². The van der Waals surface area contributed by atoms with Gasteiger partial charge in [0, 0.05) is 12.1 Å². The Balaban J connectivity index is 1.83. The van der Waals surface area contributed by atoms with E-state index in [2.05, 4.69) is 30.1 Å². The number of rotatable bonds is 2. The zero-order chi connectivity index (χ0) is 12.5. The number of methoxy groups -OCH3 is 1. The average molecular weight is 245 g/mol. The average Bonchev–Trinajstić information content (AvgIpc) is 2.88. The largest absolute Gasteiger partial charge is 0.497 e. The van der Waals surface area contributed by atoms with Crippen molar-refractivity contribution in [2.24, 2.45) is 5.92 Å². The Kier molecular flexibility index (Phi) is 3.29. The van der Waals surface area contributed by atoms with E-state index in [1.807, 2.05) is 6.07 Å². The van der Waals surface area contributed by atoms with Crippen molar-refractivity contribution in [3.8, 4) is 5.75 Å². The van der Waals surface area contributed by atoms with Crippen molar-refractivity contribution in [3.63, 3.8) is 0 Å². The van der Waals surface area contributed by atoms with E-state index < -0.39 is 0 Å². The minimum atomic E-state index is 0.583. The molecule has 0 aromatic heterocycles. The number of hydrogen-bond donors (Lipinski definition) is 0. The van der Waals surface area contributed by atoms with Crippen molar-refractivity contribution in [2.75, 3.05) is 14.2 Å². The van der Waals surface area contributed by atoms with Crippen molar-refractivity contribution in [2.45, 2.75) is 44.2 Å². The smallest absolute Gasteiger partial charge is 0.119 e. The van der Waals surface area contributed by atoms with E-state index >= 15 is 0 Å². The summed E-state index contributed by atoms with van der Waals surface area (Å²) in [7, 11) is 4.06. The summed E-state index contributed by atoms with van der Waals surface area (Å²) < 4.78 is 5.35. The normalized spacial score (nSPS) is 32.2. The summed E-state index contributed by atoms with van der Waals surface area (Å²) in [5.41, 5.74) is 1.42. The molecule has 1 aromatic rings. The minimum absolute atomic E-state index is 0.583.